The van der Waals surface area contributed by atoms with Gasteiger partial charge in [0, 0.05) is 24.3 Å². The molecule has 0 spiro atoms. The van der Waals surface area contributed by atoms with Crippen molar-refractivity contribution in [2.45, 2.75) is 26.2 Å². The zero-order chi connectivity index (χ0) is 12.3. The number of hydrogen-bond acceptors (Lipinski definition) is 3. The van der Waals surface area contributed by atoms with Crippen molar-refractivity contribution < 1.29 is 4.79 Å². The van der Waals surface area contributed by atoms with E-state index in [1.807, 2.05) is 18.0 Å². The highest BCUT2D eigenvalue weighted by atomic mass is 16.2. The van der Waals surface area contributed by atoms with Gasteiger partial charge in [-0.25, -0.2) is 5.01 Å². The highest BCUT2D eigenvalue weighted by Gasteiger charge is 2.15. The SMILES string of the molecule is Cc1cc(N)ccc1C(=O)NN1CCCCC1. The standard InChI is InChI=1S/C13H19N3O/c1-10-9-11(14)5-6-12(10)13(17)15-16-7-3-2-4-8-16/h5-6,9H,2-4,7-8,14H2,1H3,(H,15,17). The first-order valence-electron chi connectivity index (χ1n) is 6.09. The summed E-state index contributed by atoms with van der Waals surface area (Å²) in [6.45, 7) is 3.79. The van der Waals surface area contributed by atoms with Crippen molar-refractivity contribution in [3.8, 4) is 0 Å². The third-order valence-electron chi connectivity index (χ3n) is 3.11. The van der Waals surface area contributed by atoms with Gasteiger partial charge in [-0.05, 0) is 43.5 Å². The monoisotopic (exact) mass is 233 g/mol. The van der Waals surface area contributed by atoms with Crippen LogP contribution in [0.3, 0.4) is 0 Å². The molecule has 0 atom stereocenters. The maximum atomic E-state index is 12.1. The van der Waals surface area contributed by atoms with Gasteiger partial charge in [0.1, 0.15) is 0 Å². The van der Waals surface area contributed by atoms with Crippen molar-refractivity contribution in [2.24, 2.45) is 0 Å². The number of nitrogens with one attached hydrogen (secondary N) is 1. The Morgan fingerprint density at radius 3 is 2.65 bits per heavy atom. The first-order valence-corrected chi connectivity index (χ1v) is 6.09. The number of hydrazine groups is 1. The molecule has 0 radical (unpaired) electrons. The molecule has 17 heavy (non-hydrogen) atoms. The fraction of sp³-hybridized carbons (Fsp3) is 0.462. The van der Waals surface area contributed by atoms with Crippen LogP contribution in [0.4, 0.5) is 5.69 Å². The number of carbonyl (C=O) groups excluding carboxylic acids is 1. The molecule has 3 N–H and O–H groups in total. The Labute approximate surface area is 102 Å². The van der Waals surface area contributed by atoms with Crippen molar-refractivity contribution in [1.82, 2.24) is 10.4 Å². The topological polar surface area (TPSA) is 58.4 Å². The van der Waals surface area contributed by atoms with Gasteiger partial charge in [0.25, 0.3) is 5.91 Å². The van der Waals surface area contributed by atoms with E-state index in [1.165, 1.54) is 6.42 Å². The number of nitrogens with zero attached hydrogens (tertiary/aromatic N) is 1. The summed E-state index contributed by atoms with van der Waals surface area (Å²) in [7, 11) is 0. The minimum absolute atomic E-state index is 0.0376. The molecular formula is C13H19N3O. The molecule has 92 valence electrons. The molecule has 1 heterocycles. The smallest absolute Gasteiger partial charge is 0.265 e. The molecule has 0 unspecified atom stereocenters. The molecule has 1 aromatic rings. The number of benzene rings is 1. The molecule has 1 fully saturated rings. The molecular weight excluding hydrogens is 214 g/mol. The number of nitrogens with two attached hydrogens (primary N) is 1. The summed E-state index contributed by atoms with van der Waals surface area (Å²) in [5.41, 5.74) is 10.9. The van der Waals surface area contributed by atoms with E-state index < -0.39 is 0 Å². The van der Waals surface area contributed by atoms with Crippen LogP contribution < -0.4 is 11.2 Å². The van der Waals surface area contributed by atoms with Gasteiger partial charge in [0.2, 0.25) is 0 Å². The molecule has 1 saturated heterocycles. The zero-order valence-electron chi connectivity index (χ0n) is 10.2. The summed E-state index contributed by atoms with van der Waals surface area (Å²) in [5, 5.41) is 2.00. The Morgan fingerprint density at radius 2 is 2.00 bits per heavy atom. The third kappa shape index (κ3) is 2.97. The third-order valence-corrected chi connectivity index (χ3v) is 3.11. The lowest BCUT2D eigenvalue weighted by molar-refractivity contribution is 0.0749. The summed E-state index contributed by atoms with van der Waals surface area (Å²) in [6.07, 6.45) is 3.56. The summed E-state index contributed by atoms with van der Waals surface area (Å²) in [4.78, 5) is 12.1. The van der Waals surface area contributed by atoms with Crippen LogP contribution in [-0.4, -0.2) is 24.0 Å². The van der Waals surface area contributed by atoms with Crippen LogP contribution in [0.5, 0.6) is 0 Å². The van der Waals surface area contributed by atoms with E-state index in [0.717, 1.165) is 31.5 Å². The van der Waals surface area contributed by atoms with Gasteiger partial charge in [-0.1, -0.05) is 6.42 Å². The van der Waals surface area contributed by atoms with Crippen LogP contribution >= 0.6 is 0 Å². The largest absolute Gasteiger partial charge is 0.399 e. The van der Waals surface area contributed by atoms with E-state index in [4.69, 9.17) is 5.73 Å². The van der Waals surface area contributed by atoms with Crippen molar-refractivity contribution in [3.05, 3.63) is 29.3 Å². The van der Waals surface area contributed by atoms with E-state index in [-0.39, 0.29) is 5.91 Å². The Balaban J connectivity index is 2.03. The molecule has 2 rings (SSSR count). The lowest BCUT2D eigenvalue weighted by Gasteiger charge is -2.27. The average Bonchev–Trinajstić information content (AvgIpc) is 2.30. The fourth-order valence-corrected chi connectivity index (χ4v) is 2.15. The number of carbonyl (C=O) groups is 1. The van der Waals surface area contributed by atoms with Crippen LogP contribution in [-0.2, 0) is 0 Å². The van der Waals surface area contributed by atoms with Crippen molar-refractivity contribution in [2.75, 3.05) is 18.8 Å². The molecule has 0 aliphatic carbocycles. The van der Waals surface area contributed by atoms with Gasteiger partial charge in [-0.15, -0.1) is 0 Å². The van der Waals surface area contributed by atoms with Gasteiger partial charge in [0.05, 0.1) is 0 Å². The van der Waals surface area contributed by atoms with Crippen LogP contribution in [0.25, 0.3) is 0 Å². The van der Waals surface area contributed by atoms with Crippen LogP contribution in [0, 0.1) is 6.92 Å². The summed E-state index contributed by atoms with van der Waals surface area (Å²) < 4.78 is 0. The van der Waals surface area contributed by atoms with Crippen LogP contribution in [0.15, 0.2) is 18.2 Å². The van der Waals surface area contributed by atoms with Gasteiger partial charge in [-0.2, -0.15) is 0 Å². The van der Waals surface area contributed by atoms with E-state index in [9.17, 15) is 4.79 Å². The van der Waals surface area contributed by atoms with Crippen molar-refractivity contribution in [3.63, 3.8) is 0 Å². The fourth-order valence-electron chi connectivity index (χ4n) is 2.15. The number of aryl methyl sites for hydroxylation is 1. The molecule has 1 amide bonds. The predicted molar refractivity (Wildman–Crippen MR) is 68.5 cm³/mol. The molecule has 0 bridgehead atoms. The summed E-state index contributed by atoms with van der Waals surface area (Å²) in [6, 6.07) is 5.37. The minimum Gasteiger partial charge on any atom is -0.399 e. The number of anilines is 1. The van der Waals surface area contributed by atoms with E-state index in [2.05, 4.69) is 5.43 Å². The highest BCUT2D eigenvalue weighted by molar-refractivity contribution is 5.95. The van der Waals surface area contributed by atoms with Crippen LogP contribution in [0.1, 0.15) is 35.2 Å². The maximum absolute atomic E-state index is 12.1. The maximum Gasteiger partial charge on any atom is 0.265 e. The molecule has 1 aliphatic heterocycles. The van der Waals surface area contributed by atoms with Gasteiger partial charge >= 0.3 is 0 Å². The normalized spacial score (nSPS) is 16.8. The average molecular weight is 233 g/mol. The van der Waals surface area contributed by atoms with Crippen LogP contribution in [0.2, 0.25) is 0 Å². The number of hydrogen-bond donors (Lipinski definition) is 2. The Morgan fingerprint density at radius 1 is 1.29 bits per heavy atom. The zero-order valence-corrected chi connectivity index (χ0v) is 10.2. The first kappa shape index (κ1) is 11.9. The number of nitrogen functional groups attached to an aromatic ring is 1. The molecule has 4 heteroatoms. The van der Waals surface area contributed by atoms with Gasteiger partial charge < -0.3 is 5.73 Å². The van der Waals surface area contributed by atoms with Crippen molar-refractivity contribution in [1.29, 1.82) is 0 Å². The molecule has 1 aromatic carbocycles. The molecule has 4 nitrogen and oxygen atoms in total. The Kier molecular flexibility index (Phi) is 3.64. The van der Waals surface area contributed by atoms with E-state index in [0.29, 0.717) is 11.3 Å². The highest BCUT2D eigenvalue weighted by Crippen LogP contribution is 2.13. The number of amides is 1. The lowest BCUT2D eigenvalue weighted by atomic mass is 10.1. The Hall–Kier alpha value is -1.55. The molecule has 0 saturated carbocycles. The van der Waals surface area contributed by atoms with Gasteiger partial charge in [0.15, 0.2) is 0 Å². The second-order valence-electron chi connectivity index (χ2n) is 4.56. The van der Waals surface area contributed by atoms with E-state index in [1.54, 1.807) is 12.1 Å². The quantitative estimate of drug-likeness (QED) is 0.764. The lowest BCUT2D eigenvalue weighted by Crippen LogP contribution is -2.45. The van der Waals surface area contributed by atoms with Gasteiger partial charge in [-0.3, -0.25) is 10.2 Å². The summed E-state index contributed by atoms with van der Waals surface area (Å²) in [5.74, 6) is -0.0376. The minimum atomic E-state index is -0.0376. The molecule has 1 aliphatic rings. The van der Waals surface area contributed by atoms with E-state index >= 15 is 0 Å². The second-order valence-corrected chi connectivity index (χ2v) is 4.56. The molecule has 0 aromatic heterocycles. The summed E-state index contributed by atoms with van der Waals surface area (Å²) >= 11 is 0. The number of piperidine rings is 1. The van der Waals surface area contributed by atoms with Crippen molar-refractivity contribution >= 4 is 11.6 Å². The number of rotatable bonds is 2. The first-order chi connectivity index (χ1) is 8.16. The predicted octanol–water partition coefficient (Wildman–Crippen LogP) is 1.71. The second kappa shape index (κ2) is 5.19. The Bertz CT molecular complexity index is 411.